The zero-order valence-electron chi connectivity index (χ0n) is 69.6. The topological polar surface area (TPSA) is 311 Å². The monoisotopic (exact) mass is 1580 g/mol. The van der Waals surface area contributed by atoms with Gasteiger partial charge in [0.2, 0.25) is 17.7 Å². The minimum absolute atomic E-state index is 0.0280. The van der Waals surface area contributed by atoms with Crippen LogP contribution in [0, 0.1) is 83.5 Å². The molecule has 0 aliphatic carbocycles. The number of aliphatic carboxylic acids is 1. The average Bonchev–Trinajstić information content (AvgIpc) is 0.774. The van der Waals surface area contributed by atoms with E-state index < -0.39 is 169 Å². The molecule has 3 amide bonds. The van der Waals surface area contributed by atoms with E-state index in [1.54, 1.807) is 81.4 Å². The maximum absolute atomic E-state index is 16.7. The van der Waals surface area contributed by atoms with Crippen molar-refractivity contribution in [2.45, 2.75) is 253 Å². The molecule has 2 unspecified atom stereocenters. The summed E-state index contributed by atoms with van der Waals surface area (Å²) < 4.78 is 28.4. The standard InChI is InChI=1S/C96H115N3O17/c1-16-61(33-48(2)3)92(108)99-88-76(102)39-68(37-54(9)101)93(109)98-87-67-40-81(114-79-29-27-64(34-52(79)7)57(12)86-77(103)44-73(95(111)112)72-36-51(6)55(10)56(11)85(72)70-38-65(24-19-50(70)5)71(43-78(87)104)94(110)97-86)74(82(41-67)115-80-30-28-66(89(88)105)35-53(80)8)45-83-75(90(106)91(107)84(47-100)116-83)42-69-46-96(15,58(13)59(14)113-69)32-31-60-20-25-63(26-21-60)62-22-17-49(4)18-23-62/h17-30,34-36,38,40-41,48,57-59,61,68-69,71,73,75,83-84,86-91,100,105-107H,16,31-33,37,39,42-47H2,1-15H3,(H,97,110)(H,98,109)(H,99,108)(H,111,112)/t57-,58-,59+,61-,68-,69+,71+,73+,75+,83+,84-,86+,87?,88?,89-,90-,91-,96+/m1/s1. The Labute approximate surface area is 681 Å². The van der Waals surface area contributed by atoms with Gasteiger partial charge in [-0.2, -0.15) is 0 Å². The van der Waals surface area contributed by atoms with Gasteiger partial charge in [-0.1, -0.05) is 138 Å². The molecule has 11 bridgehead atoms. The molecule has 2 fully saturated rings. The molecule has 0 aromatic heterocycles. The first-order valence-electron chi connectivity index (χ1n) is 41.3. The maximum Gasteiger partial charge on any atom is 0.311 e. The highest BCUT2D eigenvalue weighted by Crippen LogP contribution is 2.50. The Balaban J connectivity index is 1.04. The number of carbonyl (C=O) groups is 8. The molecule has 20 heteroatoms. The van der Waals surface area contributed by atoms with E-state index in [0.29, 0.717) is 63.8 Å². The molecular weight excluding hydrogens is 1470 g/mol. The molecule has 7 aliphatic heterocycles. The lowest BCUT2D eigenvalue weighted by Gasteiger charge is -2.50. The molecule has 2 saturated heterocycles. The molecule has 14 rings (SSSR count). The van der Waals surface area contributed by atoms with Crippen LogP contribution in [0.3, 0.4) is 0 Å². The van der Waals surface area contributed by atoms with E-state index in [2.05, 4.69) is 92.2 Å². The van der Waals surface area contributed by atoms with Gasteiger partial charge in [0.25, 0.3) is 0 Å². The van der Waals surface area contributed by atoms with E-state index >= 15 is 24.0 Å². The van der Waals surface area contributed by atoms with Crippen LogP contribution in [0.1, 0.15) is 221 Å². The molecule has 20 nitrogen and oxygen atoms in total. The number of hydrogen-bond donors (Lipinski definition) is 8. The van der Waals surface area contributed by atoms with E-state index in [1.165, 1.54) is 18.1 Å². The predicted molar refractivity (Wildman–Crippen MR) is 443 cm³/mol. The van der Waals surface area contributed by atoms with Gasteiger partial charge < -0.3 is 65.2 Å². The molecule has 7 heterocycles. The first kappa shape index (κ1) is 85.8. The quantitative estimate of drug-likeness (QED) is 0.0420. The van der Waals surface area contributed by atoms with Gasteiger partial charge in [-0.15, -0.1) is 0 Å². The van der Waals surface area contributed by atoms with Gasteiger partial charge in [-0.3, -0.25) is 33.6 Å². The number of fused-ring (bicyclic) bond motifs is 15. The van der Waals surface area contributed by atoms with E-state index in [4.69, 9.17) is 18.9 Å². The van der Waals surface area contributed by atoms with Crippen molar-refractivity contribution >= 4 is 46.8 Å². The van der Waals surface area contributed by atoms with Gasteiger partial charge in [-0.05, 0) is 237 Å². The number of rotatable bonds is 17. The summed E-state index contributed by atoms with van der Waals surface area (Å²) in [4.78, 5) is 121. The van der Waals surface area contributed by atoms with E-state index in [-0.39, 0.29) is 75.9 Å². The van der Waals surface area contributed by atoms with Crippen LogP contribution in [0.15, 0.2) is 121 Å². The van der Waals surface area contributed by atoms with Crippen molar-refractivity contribution in [2.75, 3.05) is 6.61 Å². The Kier molecular flexibility index (Phi) is 26.4. The zero-order valence-corrected chi connectivity index (χ0v) is 69.6. The van der Waals surface area contributed by atoms with Gasteiger partial charge in [0, 0.05) is 55.4 Å². The van der Waals surface area contributed by atoms with Crippen LogP contribution in [-0.2, 0) is 60.7 Å². The lowest BCUT2D eigenvalue weighted by Crippen LogP contribution is -2.57. The van der Waals surface area contributed by atoms with Gasteiger partial charge in [0.1, 0.15) is 59.2 Å². The number of aryl methyl sites for hydroxylation is 6. The lowest BCUT2D eigenvalue weighted by molar-refractivity contribution is -0.221. The van der Waals surface area contributed by atoms with Crippen molar-refractivity contribution in [3.05, 3.63) is 199 Å². The molecule has 18 atom stereocenters. The maximum atomic E-state index is 16.7. The molecule has 8 N–H and O–H groups in total. The van der Waals surface area contributed by atoms with Gasteiger partial charge in [-0.25, -0.2) is 0 Å². The number of carbonyl (C=O) groups excluding carboxylic acids is 7. The molecular formula is C96H115N3O17. The Hall–Kier alpha value is -9.54. The molecule has 0 spiro atoms. The number of aliphatic hydroxyl groups excluding tert-OH is 4. The van der Waals surface area contributed by atoms with Crippen molar-refractivity contribution in [1.82, 2.24) is 16.0 Å². The average molecular weight is 1580 g/mol. The van der Waals surface area contributed by atoms with Crippen LogP contribution in [0.4, 0.5) is 0 Å². The number of carboxylic acids is 1. The molecule has 7 aliphatic rings. The van der Waals surface area contributed by atoms with Crippen LogP contribution >= 0.6 is 0 Å². The Morgan fingerprint density at radius 2 is 1.27 bits per heavy atom. The summed E-state index contributed by atoms with van der Waals surface area (Å²) in [6.45, 7) is 27.8. The highest BCUT2D eigenvalue weighted by atomic mass is 16.5. The van der Waals surface area contributed by atoms with Crippen LogP contribution in [0.25, 0.3) is 22.3 Å². The van der Waals surface area contributed by atoms with Crippen molar-refractivity contribution in [2.24, 2.45) is 35.0 Å². The van der Waals surface area contributed by atoms with Crippen molar-refractivity contribution in [1.29, 1.82) is 0 Å². The number of Topliss-reactive ketones (excluding diaryl/α,β-unsaturated/α-hetero) is 4. The number of hydrogen-bond acceptors (Lipinski definition) is 16. The zero-order chi connectivity index (χ0) is 83.8. The molecule has 7 aromatic rings. The third-order valence-corrected chi connectivity index (χ3v) is 26.2. The second-order valence-electron chi connectivity index (χ2n) is 34.8. The molecule has 0 radical (unpaired) electrons. The molecule has 616 valence electrons. The van der Waals surface area contributed by atoms with Gasteiger partial charge in [0.05, 0.1) is 54.8 Å². The highest BCUT2D eigenvalue weighted by molar-refractivity contribution is 6.01. The number of benzene rings is 7. The van der Waals surface area contributed by atoms with Crippen LogP contribution in [-0.4, -0.2) is 128 Å². The molecule has 116 heavy (non-hydrogen) atoms. The van der Waals surface area contributed by atoms with Gasteiger partial charge >= 0.3 is 5.97 Å². The summed E-state index contributed by atoms with van der Waals surface area (Å²) in [6.07, 6.45) is -7.27. The number of amides is 3. The first-order chi connectivity index (χ1) is 55.0. The summed E-state index contributed by atoms with van der Waals surface area (Å²) in [7, 11) is 0. The summed E-state index contributed by atoms with van der Waals surface area (Å²) in [5.41, 5.74) is 11.3. The second-order valence-corrected chi connectivity index (χ2v) is 34.8. The van der Waals surface area contributed by atoms with Crippen LogP contribution < -0.4 is 25.4 Å². The summed E-state index contributed by atoms with van der Waals surface area (Å²) in [5, 5.41) is 68.7. The minimum Gasteiger partial charge on any atom is -0.481 e. The molecule has 0 saturated carbocycles. The predicted octanol–water partition coefficient (Wildman–Crippen LogP) is 15.0. The first-order valence-corrected chi connectivity index (χ1v) is 41.3. The third kappa shape index (κ3) is 18.4. The van der Waals surface area contributed by atoms with E-state index in [1.807, 2.05) is 60.6 Å². The van der Waals surface area contributed by atoms with E-state index in [9.17, 15) is 39.9 Å². The van der Waals surface area contributed by atoms with Crippen molar-refractivity contribution in [3.63, 3.8) is 0 Å². The second kappa shape index (κ2) is 35.7. The van der Waals surface area contributed by atoms with Crippen molar-refractivity contribution < 1.29 is 82.8 Å². The SMILES string of the molecule is CC[C@H](CC(C)C)C(=O)NC1C(=O)C[C@@H](CC(C)=O)C(=O)NC2C(=O)C[C@@H]3C(=O)N[C@H](C(=O)C[C@H](C(=O)O)c4cc(C)c(C)c(C)c4-c4cc3ccc4C)[C@H](C)c3ccc(c(C)c3)Oc3cc2cc(c3C[C@@H]2O[C@H](CO)[C@@H](O)[C@H](O)[C@H]2C[C@H]2C[C@](C)(CCc3ccc(-c4ccc(C)cc4)cc3)[C@H](C)[C@H](C)O2)Oc2ccc(cc2C)[C@H]1O. The van der Waals surface area contributed by atoms with E-state index in [0.717, 1.165) is 40.7 Å². The largest absolute Gasteiger partial charge is 0.481 e. The summed E-state index contributed by atoms with van der Waals surface area (Å²) >= 11 is 0. The fourth-order valence-corrected chi connectivity index (χ4v) is 18.5. The normalized spacial score (nSPS) is 27.4. The Morgan fingerprint density at radius 3 is 1.88 bits per heavy atom. The fraction of sp³-hybridized carbons (Fsp3) is 0.479. The number of aliphatic hydroxyl groups is 4. The van der Waals surface area contributed by atoms with Gasteiger partial charge in [0.15, 0.2) is 17.3 Å². The van der Waals surface area contributed by atoms with Crippen molar-refractivity contribution in [3.8, 4) is 45.3 Å². The summed E-state index contributed by atoms with van der Waals surface area (Å²) in [5.74, 6) is -12.1. The highest BCUT2D eigenvalue weighted by Gasteiger charge is 2.50. The third-order valence-electron chi connectivity index (χ3n) is 26.2. The Morgan fingerprint density at radius 1 is 0.638 bits per heavy atom. The Bertz CT molecular complexity index is 4890. The number of ketones is 4. The van der Waals surface area contributed by atoms with Crippen LogP contribution in [0.5, 0.6) is 23.0 Å². The smallest absolute Gasteiger partial charge is 0.311 e. The fourth-order valence-electron chi connectivity index (χ4n) is 18.5. The lowest BCUT2D eigenvalue weighted by atomic mass is 9.65. The van der Waals surface area contributed by atoms with Crippen LogP contribution in [0.2, 0.25) is 0 Å². The number of ether oxygens (including phenoxy) is 4. The summed E-state index contributed by atoms with van der Waals surface area (Å²) in [6, 6.07) is 32.5. The number of nitrogens with one attached hydrogen (secondary N) is 3. The minimum atomic E-state index is -1.81. The number of carboxylic acid groups (broad SMARTS) is 1. The molecule has 7 aromatic carbocycles.